The molecule has 3 heterocycles. The summed E-state index contributed by atoms with van der Waals surface area (Å²) in [5, 5.41) is 13.0. The van der Waals surface area contributed by atoms with Gasteiger partial charge in [0.05, 0.1) is 12.2 Å². The van der Waals surface area contributed by atoms with E-state index in [0.717, 1.165) is 38.8 Å². The highest BCUT2D eigenvalue weighted by molar-refractivity contribution is 5.91. The highest BCUT2D eigenvalue weighted by Crippen LogP contribution is 2.59. The van der Waals surface area contributed by atoms with Gasteiger partial charge in [-0.15, -0.1) is 0 Å². The number of hydrogen-bond acceptors (Lipinski definition) is 8. The molecule has 1 aliphatic carbocycles. The summed E-state index contributed by atoms with van der Waals surface area (Å²) in [6, 6.07) is 7.24. The average Bonchev–Trinajstić information content (AvgIpc) is 3.28. The van der Waals surface area contributed by atoms with Crippen molar-refractivity contribution in [2.45, 2.75) is 57.4 Å². The summed E-state index contributed by atoms with van der Waals surface area (Å²) in [5.41, 5.74) is 0.713. The molecule has 2 aliphatic rings. The number of rotatable bonds is 11. The van der Waals surface area contributed by atoms with Crippen LogP contribution in [0.2, 0.25) is 0 Å². The second-order valence-corrected chi connectivity index (χ2v) is 10.7. The molecule has 0 unspecified atom stereocenters. The number of Topliss-reactive ketones (excluding diaryl/α,β-unsaturated/α-hetero) is 1. The molecule has 1 saturated carbocycles. The number of hydrogen-bond donors (Lipinski definition) is 1. The van der Waals surface area contributed by atoms with Gasteiger partial charge in [0.2, 0.25) is 17.6 Å². The second kappa shape index (κ2) is 11.5. The summed E-state index contributed by atoms with van der Waals surface area (Å²) >= 11 is 0. The van der Waals surface area contributed by atoms with E-state index in [2.05, 4.69) is 33.3 Å². The lowest BCUT2D eigenvalue weighted by molar-refractivity contribution is -0.124. The van der Waals surface area contributed by atoms with E-state index in [4.69, 9.17) is 8.83 Å². The van der Waals surface area contributed by atoms with Crippen molar-refractivity contribution in [3.05, 3.63) is 59.9 Å². The zero-order valence-corrected chi connectivity index (χ0v) is 22.0. The molecule has 10 heteroatoms. The standard InChI is InChI=1S/C29H32FN5O4/c1-35-14-11-29(12-15-35)17-21(29)26(37)33-22(5-3-2-4-6-24(36)28-32-13-16-38-28)25-23(18-31)34-27(39-25)19-7-9-20(30)10-8-19/h7-10,13,16,21-22H,2-6,11-12,14-15,17H2,1H3,(H,33,37)/t21-,22+/m1/s1. The first-order valence-corrected chi connectivity index (χ1v) is 13.5. The van der Waals surface area contributed by atoms with E-state index in [0.29, 0.717) is 37.0 Å². The van der Waals surface area contributed by atoms with Crippen LogP contribution in [0.5, 0.6) is 0 Å². The van der Waals surface area contributed by atoms with Crippen LogP contribution in [-0.2, 0) is 4.79 Å². The highest BCUT2D eigenvalue weighted by Gasteiger charge is 2.58. The molecule has 39 heavy (non-hydrogen) atoms. The van der Waals surface area contributed by atoms with Crippen LogP contribution in [0, 0.1) is 28.5 Å². The monoisotopic (exact) mass is 533 g/mol. The lowest BCUT2D eigenvalue weighted by Gasteiger charge is -2.30. The molecule has 5 rings (SSSR count). The molecule has 1 saturated heterocycles. The molecule has 1 amide bonds. The van der Waals surface area contributed by atoms with Gasteiger partial charge in [0.15, 0.2) is 11.5 Å². The Morgan fingerprint density at radius 3 is 2.69 bits per heavy atom. The smallest absolute Gasteiger partial charge is 0.263 e. The topological polar surface area (TPSA) is 125 Å². The van der Waals surface area contributed by atoms with Crippen molar-refractivity contribution in [1.82, 2.24) is 20.2 Å². The number of nitrogens with one attached hydrogen (secondary N) is 1. The molecular weight excluding hydrogens is 501 g/mol. The third kappa shape index (κ3) is 6.09. The Kier molecular flexibility index (Phi) is 7.89. The van der Waals surface area contributed by atoms with Crippen LogP contribution in [0.15, 0.2) is 45.6 Å². The number of carbonyl (C=O) groups is 2. The van der Waals surface area contributed by atoms with Crippen LogP contribution in [0.3, 0.4) is 0 Å². The van der Waals surface area contributed by atoms with E-state index in [-0.39, 0.29) is 46.3 Å². The first-order valence-electron chi connectivity index (χ1n) is 13.5. The van der Waals surface area contributed by atoms with Gasteiger partial charge in [-0.05, 0) is 81.9 Å². The van der Waals surface area contributed by atoms with E-state index in [1.807, 2.05) is 0 Å². The average molecular weight is 534 g/mol. The molecule has 2 aromatic heterocycles. The SMILES string of the molecule is CN1CCC2(CC1)C[C@@H]2C(=O)N[C@@H](CCCCCC(=O)c1ncco1)c1oc(-c2ccc(F)cc2)nc1C#N. The number of carbonyl (C=O) groups excluding carboxylic acids is 2. The highest BCUT2D eigenvalue weighted by atomic mass is 19.1. The molecule has 1 N–H and O–H groups in total. The molecule has 3 aromatic rings. The fraction of sp³-hybridized carbons (Fsp3) is 0.483. The summed E-state index contributed by atoms with van der Waals surface area (Å²) in [6.07, 6.45) is 8.62. The van der Waals surface area contributed by atoms with E-state index < -0.39 is 6.04 Å². The fourth-order valence-corrected chi connectivity index (χ4v) is 5.52. The maximum absolute atomic E-state index is 13.4. The summed E-state index contributed by atoms with van der Waals surface area (Å²) in [4.78, 5) is 36.1. The summed E-state index contributed by atoms with van der Waals surface area (Å²) in [5.74, 6) is 0.0258. The van der Waals surface area contributed by atoms with Gasteiger partial charge in [-0.3, -0.25) is 9.59 Å². The Labute approximate surface area is 226 Å². The number of nitriles is 1. The van der Waals surface area contributed by atoms with Crippen LogP contribution in [0.25, 0.3) is 11.5 Å². The fourth-order valence-electron chi connectivity index (χ4n) is 5.52. The van der Waals surface area contributed by atoms with E-state index >= 15 is 0 Å². The first-order chi connectivity index (χ1) is 18.9. The van der Waals surface area contributed by atoms with Crippen molar-refractivity contribution < 1.29 is 22.8 Å². The van der Waals surface area contributed by atoms with Crippen LogP contribution >= 0.6 is 0 Å². The second-order valence-electron chi connectivity index (χ2n) is 10.7. The van der Waals surface area contributed by atoms with Crippen molar-refractivity contribution in [2.24, 2.45) is 11.3 Å². The predicted octanol–water partition coefficient (Wildman–Crippen LogP) is 5.06. The van der Waals surface area contributed by atoms with Crippen molar-refractivity contribution in [2.75, 3.05) is 20.1 Å². The zero-order chi connectivity index (χ0) is 27.4. The van der Waals surface area contributed by atoms with Crippen molar-refractivity contribution in [3.8, 4) is 17.5 Å². The molecule has 9 nitrogen and oxygen atoms in total. The number of nitrogens with zero attached hydrogens (tertiary/aromatic N) is 4. The number of ketones is 1. The molecule has 0 bridgehead atoms. The molecule has 1 spiro atoms. The van der Waals surface area contributed by atoms with Gasteiger partial charge in [-0.1, -0.05) is 12.8 Å². The predicted molar refractivity (Wildman–Crippen MR) is 139 cm³/mol. The quantitative estimate of drug-likeness (QED) is 0.268. The van der Waals surface area contributed by atoms with Gasteiger partial charge in [-0.25, -0.2) is 9.37 Å². The Morgan fingerprint density at radius 1 is 1.23 bits per heavy atom. The first kappa shape index (κ1) is 26.8. The van der Waals surface area contributed by atoms with Gasteiger partial charge in [0.1, 0.15) is 18.1 Å². The van der Waals surface area contributed by atoms with Gasteiger partial charge < -0.3 is 19.1 Å². The van der Waals surface area contributed by atoms with Crippen LogP contribution < -0.4 is 5.32 Å². The third-order valence-electron chi connectivity index (χ3n) is 8.04. The van der Waals surface area contributed by atoms with Crippen molar-refractivity contribution >= 4 is 11.7 Å². The normalized spacial score (nSPS) is 18.9. The minimum atomic E-state index is -0.541. The number of aromatic nitrogens is 2. The zero-order valence-electron chi connectivity index (χ0n) is 22.0. The van der Waals surface area contributed by atoms with E-state index in [9.17, 15) is 19.2 Å². The van der Waals surface area contributed by atoms with Crippen LogP contribution in [0.1, 0.15) is 79.5 Å². The van der Waals surface area contributed by atoms with Gasteiger partial charge in [0, 0.05) is 17.9 Å². The molecule has 0 radical (unpaired) electrons. The van der Waals surface area contributed by atoms with Gasteiger partial charge in [0.25, 0.3) is 5.89 Å². The maximum atomic E-state index is 13.4. The van der Waals surface area contributed by atoms with Crippen molar-refractivity contribution in [3.63, 3.8) is 0 Å². The minimum Gasteiger partial charge on any atom is -0.442 e. The molecule has 204 valence electrons. The van der Waals surface area contributed by atoms with E-state index in [1.54, 1.807) is 12.1 Å². The molecule has 1 aliphatic heterocycles. The van der Waals surface area contributed by atoms with E-state index in [1.165, 1.54) is 24.6 Å². The lowest BCUT2D eigenvalue weighted by Crippen LogP contribution is -2.36. The Morgan fingerprint density at radius 2 is 2.00 bits per heavy atom. The lowest BCUT2D eigenvalue weighted by atomic mass is 9.90. The molecule has 2 atom stereocenters. The number of halogens is 1. The summed E-state index contributed by atoms with van der Waals surface area (Å²) in [7, 11) is 2.10. The number of unbranched alkanes of at least 4 members (excludes halogenated alkanes) is 2. The Balaban J connectivity index is 1.27. The van der Waals surface area contributed by atoms with Crippen molar-refractivity contribution in [1.29, 1.82) is 5.26 Å². The number of piperidine rings is 1. The molecular formula is C29H32FN5O4. The number of benzene rings is 1. The third-order valence-corrected chi connectivity index (χ3v) is 8.04. The number of oxazole rings is 2. The van der Waals surface area contributed by atoms with Gasteiger partial charge in [-0.2, -0.15) is 10.2 Å². The van der Waals surface area contributed by atoms with Gasteiger partial charge >= 0.3 is 0 Å². The van der Waals surface area contributed by atoms with Crippen LogP contribution in [-0.4, -0.2) is 46.7 Å². The largest absolute Gasteiger partial charge is 0.442 e. The minimum absolute atomic E-state index is 0.0211. The number of likely N-dealkylation sites (tertiary alicyclic amines) is 1. The Bertz CT molecular complexity index is 1340. The van der Waals surface area contributed by atoms with Crippen LogP contribution in [0.4, 0.5) is 4.39 Å². The maximum Gasteiger partial charge on any atom is 0.263 e. The summed E-state index contributed by atoms with van der Waals surface area (Å²) in [6.45, 7) is 1.97. The summed E-state index contributed by atoms with van der Waals surface area (Å²) < 4.78 is 24.5. The molecule has 1 aromatic carbocycles. The molecule has 2 fully saturated rings. The number of amides is 1. The Hall–Kier alpha value is -3.84.